The molecular weight excluding hydrogens is 314 g/mol. The van der Waals surface area contributed by atoms with Crippen molar-refractivity contribution < 1.29 is 9.53 Å². The van der Waals surface area contributed by atoms with Gasteiger partial charge in [0.05, 0.1) is 19.9 Å². The number of rotatable bonds is 6. The predicted molar refractivity (Wildman–Crippen MR) is 93.4 cm³/mol. The Kier molecular flexibility index (Phi) is 6.00. The van der Waals surface area contributed by atoms with Crippen LogP contribution in [-0.2, 0) is 4.79 Å². The number of carbonyl (C=O) groups is 1. The van der Waals surface area contributed by atoms with E-state index < -0.39 is 0 Å². The average molecular weight is 332 g/mol. The molecule has 2 aromatic rings. The highest BCUT2D eigenvalue weighted by atomic mass is 35.5. The molecule has 0 saturated heterocycles. The van der Waals surface area contributed by atoms with Crippen molar-refractivity contribution in [3.8, 4) is 5.75 Å². The minimum atomic E-state index is -0.238. The van der Waals surface area contributed by atoms with Crippen molar-refractivity contribution in [1.29, 1.82) is 0 Å². The molecule has 0 atom stereocenters. The molecule has 0 aromatic heterocycles. The predicted octanol–water partition coefficient (Wildman–Crippen LogP) is 3.22. The molecule has 0 aliphatic carbocycles. The Morgan fingerprint density at radius 3 is 2.87 bits per heavy atom. The van der Waals surface area contributed by atoms with Crippen LogP contribution in [-0.4, -0.2) is 25.8 Å². The van der Waals surface area contributed by atoms with E-state index in [0.29, 0.717) is 5.02 Å². The molecule has 0 saturated carbocycles. The van der Waals surface area contributed by atoms with E-state index in [4.69, 9.17) is 16.3 Å². The number of carbonyl (C=O) groups excluding carboxylic acids is 1. The smallest absolute Gasteiger partial charge is 0.259 e. The number of ether oxygens (including phenoxy) is 1. The number of nitrogens with zero attached hydrogens (tertiary/aromatic N) is 1. The van der Waals surface area contributed by atoms with Gasteiger partial charge in [-0.15, -0.1) is 0 Å². The Balaban J connectivity index is 1.83. The van der Waals surface area contributed by atoms with Crippen LogP contribution in [0.5, 0.6) is 5.75 Å². The van der Waals surface area contributed by atoms with Crippen LogP contribution in [0.4, 0.5) is 5.69 Å². The zero-order valence-electron chi connectivity index (χ0n) is 13.0. The number of nitrogens with one attached hydrogen (secondary N) is 2. The van der Waals surface area contributed by atoms with Crippen molar-refractivity contribution in [3.63, 3.8) is 0 Å². The van der Waals surface area contributed by atoms with Crippen LogP contribution in [0, 0.1) is 6.92 Å². The van der Waals surface area contributed by atoms with Crippen LogP contribution in [0.3, 0.4) is 0 Å². The molecule has 120 valence electrons. The molecule has 0 spiro atoms. The Bertz CT molecular complexity index is 717. The van der Waals surface area contributed by atoms with Crippen molar-refractivity contribution in [2.24, 2.45) is 5.10 Å². The van der Waals surface area contributed by atoms with Crippen molar-refractivity contribution in [2.75, 3.05) is 19.0 Å². The van der Waals surface area contributed by atoms with Gasteiger partial charge in [0.15, 0.2) is 0 Å². The SMILES string of the molecule is COc1cccc(/C=N/NC(=O)CNc2ccc(Cl)cc2C)c1. The van der Waals surface area contributed by atoms with E-state index in [2.05, 4.69) is 15.8 Å². The van der Waals surface area contributed by atoms with Gasteiger partial charge in [-0.2, -0.15) is 5.10 Å². The number of hydrogen-bond acceptors (Lipinski definition) is 4. The number of aryl methyl sites for hydroxylation is 1. The van der Waals surface area contributed by atoms with E-state index in [1.165, 1.54) is 0 Å². The number of hydrazone groups is 1. The topological polar surface area (TPSA) is 62.7 Å². The van der Waals surface area contributed by atoms with Gasteiger partial charge >= 0.3 is 0 Å². The summed E-state index contributed by atoms with van der Waals surface area (Å²) in [6.45, 7) is 2.05. The summed E-state index contributed by atoms with van der Waals surface area (Å²) >= 11 is 5.89. The first-order valence-corrected chi connectivity index (χ1v) is 7.42. The maximum Gasteiger partial charge on any atom is 0.259 e. The fourth-order valence-corrected chi connectivity index (χ4v) is 2.17. The Morgan fingerprint density at radius 2 is 2.13 bits per heavy atom. The molecule has 23 heavy (non-hydrogen) atoms. The monoisotopic (exact) mass is 331 g/mol. The number of hydrogen-bond donors (Lipinski definition) is 2. The van der Waals surface area contributed by atoms with Crippen LogP contribution in [0.2, 0.25) is 5.02 Å². The standard InChI is InChI=1S/C17H18ClN3O2/c1-12-8-14(18)6-7-16(12)19-11-17(22)21-20-10-13-4-3-5-15(9-13)23-2/h3-10,19H,11H2,1-2H3,(H,21,22)/b20-10+. The number of amides is 1. The van der Waals surface area contributed by atoms with Gasteiger partial charge in [0.2, 0.25) is 0 Å². The van der Waals surface area contributed by atoms with Crippen molar-refractivity contribution in [1.82, 2.24) is 5.43 Å². The zero-order valence-corrected chi connectivity index (χ0v) is 13.7. The number of methoxy groups -OCH3 is 1. The van der Waals surface area contributed by atoms with Crippen LogP contribution >= 0.6 is 11.6 Å². The quantitative estimate of drug-likeness (QED) is 0.631. The molecule has 1 amide bonds. The molecule has 2 aromatic carbocycles. The fraction of sp³-hybridized carbons (Fsp3) is 0.176. The lowest BCUT2D eigenvalue weighted by Crippen LogP contribution is -2.26. The average Bonchev–Trinajstić information content (AvgIpc) is 2.54. The van der Waals surface area contributed by atoms with Crippen molar-refractivity contribution in [3.05, 3.63) is 58.6 Å². The molecule has 0 aliphatic rings. The van der Waals surface area contributed by atoms with Gasteiger partial charge in [0.25, 0.3) is 5.91 Å². The summed E-state index contributed by atoms with van der Waals surface area (Å²) in [7, 11) is 1.60. The Hall–Kier alpha value is -2.53. The summed E-state index contributed by atoms with van der Waals surface area (Å²) in [6, 6.07) is 12.8. The second-order valence-corrected chi connectivity index (χ2v) is 5.32. The summed E-state index contributed by atoms with van der Waals surface area (Å²) in [5.74, 6) is 0.499. The number of halogens is 1. The highest BCUT2D eigenvalue weighted by molar-refractivity contribution is 6.30. The first-order valence-electron chi connectivity index (χ1n) is 7.04. The van der Waals surface area contributed by atoms with E-state index in [-0.39, 0.29) is 12.5 Å². The summed E-state index contributed by atoms with van der Waals surface area (Å²) in [5.41, 5.74) is 5.15. The largest absolute Gasteiger partial charge is 0.497 e. The molecule has 2 rings (SSSR count). The van der Waals surface area contributed by atoms with Crippen LogP contribution in [0.25, 0.3) is 0 Å². The Labute approximate surface area is 140 Å². The number of benzene rings is 2. The second-order valence-electron chi connectivity index (χ2n) is 4.88. The third-order valence-electron chi connectivity index (χ3n) is 3.12. The van der Waals surface area contributed by atoms with Gasteiger partial charge < -0.3 is 10.1 Å². The van der Waals surface area contributed by atoms with Gasteiger partial charge in [-0.25, -0.2) is 5.43 Å². The molecule has 0 aliphatic heterocycles. The van der Waals surface area contributed by atoms with Gasteiger partial charge in [0, 0.05) is 10.7 Å². The summed E-state index contributed by atoms with van der Waals surface area (Å²) in [4.78, 5) is 11.8. The Morgan fingerprint density at radius 1 is 1.30 bits per heavy atom. The van der Waals surface area contributed by atoms with E-state index in [1.807, 2.05) is 43.3 Å². The van der Waals surface area contributed by atoms with Gasteiger partial charge in [-0.3, -0.25) is 4.79 Å². The van der Waals surface area contributed by atoms with E-state index in [9.17, 15) is 4.79 Å². The molecule has 0 unspecified atom stereocenters. The molecule has 5 nitrogen and oxygen atoms in total. The van der Waals surface area contributed by atoms with Crippen LogP contribution < -0.4 is 15.5 Å². The second kappa shape index (κ2) is 8.19. The highest BCUT2D eigenvalue weighted by Gasteiger charge is 2.02. The zero-order chi connectivity index (χ0) is 16.7. The minimum absolute atomic E-state index is 0.123. The molecular formula is C17H18ClN3O2. The third kappa shape index (κ3) is 5.30. The first-order chi connectivity index (χ1) is 11.1. The summed E-state index contributed by atoms with van der Waals surface area (Å²) in [6.07, 6.45) is 1.56. The summed E-state index contributed by atoms with van der Waals surface area (Å²) < 4.78 is 5.12. The molecule has 2 N–H and O–H groups in total. The fourth-order valence-electron chi connectivity index (χ4n) is 1.94. The minimum Gasteiger partial charge on any atom is -0.497 e. The highest BCUT2D eigenvalue weighted by Crippen LogP contribution is 2.19. The summed E-state index contributed by atoms with van der Waals surface area (Å²) in [5, 5.41) is 7.63. The lowest BCUT2D eigenvalue weighted by atomic mass is 10.2. The third-order valence-corrected chi connectivity index (χ3v) is 3.36. The van der Waals surface area contributed by atoms with Crippen molar-refractivity contribution >= 4 is 29.4 Å². The van der Waals surface area contributed by atoms with E-state index >= 15 is 0 Å². The van der Waals surface area contributed by atoms with Gasteiger partial charge in [-0.1, -0.05) is 23.7 Å². The van der Waals surface area contributed by atoms with Gasteiger partial charge in [0.1, 0.15) is 5.75 Å². The van der Waals surface area contributed by atoms with E-state index in [0.717, 1.165) is 22.6 Å². The molecule has 0 heterocycles. The maximum absolute atomic E-state index is 11.8. The lowest BCUT2D eigenvalue weighted by molar-refractivity contribution is -0.119. The maximum atomic E-state index is 11.8. The molecule has 0 radical (unpaired) electrons. The molecule has 0 fully saturated rings. The lowest BCUT2D eigenvalue weighted by Gasteiger charge is -2.08. The molecule has 6 heteroatoms. The molecule has 0 bridgehead atoms. The van der Waals surface area contributed by atoms with Crippen LogP contribution in [0.1, 0.15) is 11.1 Å². The van der Waals surface area contributed by atoms with E-state index in [1.54, 1.807) is 19.4 Å². The first kappa shape index (κ1) is 16.8. The normalized spacial score (nSPS) is 10.6. The number of anilines is 1. The van der Waals surface area contributed by atoms with Crippen LogP contribution in [0.15, 0.2) is 47.6 Å². The van der Waals surface area contributed by atoms with Gasteiger partial charge in [-0.05, 0) is 48.4 Å². The van der Waals surface area contributed by atoms with Crippen molar-refractivity contribution in [2.45, 2.75) is 6.92 Å².